The van der Waals surface area contributed by atoms with E-state index in [2.05, 4.69) is 28.5 Å². The van der Waals surface area contributed by atoms with Gasteiger partial charge in [-0.05, 0) is 25.9 Å². The van der Waals surface area contributed by atoms with Gasteiger partial charge in [0.05, 0.1) is 0 Å². The van der Waals surface area contributed by atoms with Crippen LogP contribution in [0.15, 0.2) is 0 Å². The Labute approximate surface area is 66.6 Å². The summed E-state index contributed by atoms with van der Waals surface area (Å²) in [5.41, 5.74) is 0. The summed E-state index contributed by atoms with van der Waals surface area (Å²) in [6.45, 7) is 4.59. The van der Waals surface area contributed by atoms with Crippen molar-refractivity contribution in [3.63, 3.8) is 0 Å². The molecule has 1 heterocycles. The van der Waals surface area contributed by atoms with Crippen LogP contribution in [0.25, 0.3) is 0 Å². The van der Waals surface area contributed by atoms with Gasteiger partial charge >= 0.3 is 0 Å². The third kappa shape index (κ3) is 8.49. The quantitative estimate of drug-likeness (QED) is 0.502. The van der Waals surface area contributed by atoms with Crippen molar-refractivity contribution < 1.29 is 0 Å². The Morgan fingerprint density at radius 2 is 1.67 bits per heavy atom. The zero-order chi connectivity index (χ0) is 6.95. The van der Waals surface area contributed by atoms with Crippen molar-refractivity contribution in [2.45, 2.75) is 31.5 Å². The van der Waals surface area contributed by atoms with E-state index in [0.29, 0.717) is 0 Å². The first-order valence-corrected chi connectivity index (χ1v) is 4.64. The van der Waals surface area contributed by atoms with E-state index < -0.39 is 0 Å². The minimum absolute atomic E-state index is 1.17. The lowest BCUT2D eigenvalue weighted by Gasteiger charge is -2.08. The van der Waals surface area contributed by atoms with Crippen LogP contribution in [0.5, 0.6) is 0 Å². The van der Waals surface area contributed by atoms with Gasteiger partial charge in [-0.3, -0.25) is 0 Å². The molecule has 9 heavy (non-hydrogen) atoms. The third-order valence-corrected chi connectivity index (χ3v) is 1.21. The van der Waals surface area contributed by atoms with Crippen molar-refractivity contribution in [2.24, 2.45) is 0 Å². The molecule has 0 aromatic carbocycles. The highest BCUT2D eigenvalue weighted by atomic mass is 27.0. The van der Waals surface area contributed by atoms with Gasteiger partial charge in [-0.1, -0.05) is 13.3 Å². The monoisotopic (exact) mass is 141 g/mol. The molecule has 1 rings (SSSR count). The normalized spacial score (nSPS) is 17.9. The van der Waals surface area contributed by atoms with Crippen LogP contribution in [0.2, 0.25) is 5.28 Å². The SMILES string of the molecule is C1CCNCC1.C[CH2][Al]. The highest BCUT2D eigenvalue weighted by Crippen LogP contribution is 1.96. The lowest BCUT2D eigenvalue weighted by Crippen LogP contribution is -2.21. The zero-order valence-corrected chi connectivity index (χ0v) is 7.47. The molecule has 2 heteroatoms. The van der Waals surface area contributed by atoms with Gasteiger partial charge in [-0.25, -0.2) is 0 Å². The van der Waals surface area contributed by atoms with Crippen LogP contribution in [0.4, 0.5) is 0 Å². The highest BCUT2D eigenvalue weighted by Gasteiger charge is 1.93. The predicted octanol–water partition coefficient (Wildman–Crippen LogP) is 1.35. The molecule has 0 saturated carbocycles. The molecule has 1 fully saturated rings. The number of hydrogen-bond acceptors (Lipinski definition) is 1. The minimum atomic E-state index is 1.17. The Kier molecular flexibility index (Phi) is 8.96. The fourth-order valence-electron chi connectivity index (χ4n) is 0.802. The summed E-state index contributed by atoms with van der Waals surface area (Å²) in [5, 5.41) is 4.45. The molecule has 0 unspecified atom stereocenters. The van der Waals surface area contributed by atoms with Gasteiger partial charge in [-0.2, -0.15) is 0 Å². The maximum absolute atomic E-state index is 3.28. The summed E-state index contributed by atoms with van der Waals surface area (Å²) in [4.78, 5) is 0. The van der Waals surface area contributed by atoms with Crippen LogP contribution in [0, 0.1) is 0 Å². The van der Waals surface area contributed by atoms with Crippen LogP contribution < -0.4 is 5.32 Å². The molecule has 0 bridgehead atoms. The lowest BCUT2D eigenvalue weighted by atomic mass is 10.2. The molecule has 1 N–H and O–H groups in total. The van der Waals surface area contributed by atoms with E-state index in [1.807, 2.05) is 0 Å². The molecule has 52 valence electrons. The molecular weight excluding hydrogens is 125 g/mol. The smallest absolute Gasteiger partial charge is 0.117 e. The standard InChI is InChI=1S/C5H11N.C2H5.Al/c1-2-4-6-5-3-1;1-2;/h6H,1-5H2;1H2,2H3;. The maximum Gasteiger partial charge on any atom is 0.117 e. The van der Waals surface area contributed by atoms with Gasteiger partial charge in [-0.15, -0.1) is 5.28 Å². The summed E-state index contributed by atoms with van der Waals surface area (Å²) in [5.74, 6) is 0. The summed E-state index contributed by atoms with van der Waals surface area (Å²) < 4.78 is 0. The topological polar surface area (TPSA) is 12.0 Å². The van der Waals surface area contributed by atoms with Gasteiger partial charge in [0, 0.05) is 0 Å². The molecule has 0 atom stereocenters. The van der Waals surface area contributed by atoms with E-state index in [-0.39, 0.29) is 0 Å². The van der Waals surface area contributed by atoms with E-state index in [9.17, 15) is 0 Å². The zero-order valence-electron chi connectivity index (χ0n) is 6.32. The van der Waals surface area contributed by atoms with Crippen molar-refractivity contribution in [3.05, 3.63) is 0 Å². The van der Waals surface area contributed by atoms with Gasteiger partial charge in [0.25, 0.3) is 0 Å². The van der Waals surface area contributed by atoms with Crippen LogP contribution in [-0.2, 0) is 0 Å². The largest absolute Gasteiger partial charge is 0.317 e. The van der Waals surface area contributed by atoms with E-state index >= 15 is 0 Å². The first-order chi connectivity index (χ1) is 4.41. The number of rotatable bonds is 0. The Balaban J connectivity index is 0.000000187. The van der Waals surface area contributed by atoms with Gasteiger partial charge in [0.15, 0.2) is 0 Å². The van der Waals surface area contributed by atoms with Crippen molar-refractivity contribution >= 4 is 16.3 Å². The van der Waals surface area contributed by atoms with Crippen molar-refractivity contribution in [1.29, 1.82) is 0 Å². The predicted molar refractivity (Wildman–Crippen MR) is 43.0 cm³/mol. The Bertz CT molecular complexity index is 32.7. The average Bonchev–Trinajstić information content (AvgIpc) is 1.93. The third-order valence-electron chi connectivity index (χ3n) is 1.21. The molecule has 0 amide bonds. The first-order valence-electron chi connectivity index (χ1n) is 3.82. The fourth-order valence-corrected chi connectivity index (χ4v) is 0.802. The highest BCUT2D eigenvalue weighted by molar-refractivity contribution is 6.08. The molecule has 0 aromatic heterocycles. The molecule has 1 nitrogen and oxygen atoms in total. The van der Waals surface area contributed by atoms with E-state index in [1.165, 1.54) is 37.6 Å². The van der Waals surface area contributed by atoms with Crippen LogP contribution in [0.1, 0.15) is 26.2 Å². The van der Waals surface area contributed by atoms with E-state index in [1.54, 1.807) is 0 Å². The van der Waals surface area contributed by atoms with Crippen LogP contribution >= 0.6 is 0 Å². The number of nitrogens with one attached hydrogen (secondary N) is 1. The molecule has 1 saturated heterocycles. The molecular formula is C7H16AlN. The maximum atomic E-state index is 3.28. The van der Waals surface area contributed by atoms with Crippen molar-refractivity contribution in [2.75, 3.05) is 13.1 Å². The van der Waals surface area contributed by atoms with Crippen LogP contribution in [-0.4, -0.2) is 29.4 Å². The molecule has 1 aliphatic heterocycles. The Morgan fingerprint density at radius 3 is 1.78 bits per heavy atom. The average molecular weight is 141 g/mol. The Morgan fingerprint density at radius 1 is 1.22 bits per heavy atom. The summed E-state index contributed by atoms with van der Waals surface area (Å²) in [7, 11) is 0. The minimum Gasteiger partial charge on any atom is -0.317 e. The van der Waals surface area contributed by atoms with Gasteiger partial charge < -0.3 is 5.32 Å². The summed E-state index contributed by atoms with van der Waals surface area (Å²) in [6, 6.07) is 0. The summed E-state index contributed by atoms with van der Waals surface area (Å²) >= 11 is 2.58. The van der Waals surface area contributed by atoms with Gasteiger partial charge in [0.2, 0.25) is 0 Å². The van der Waals surface area contributed by atoms with E-state index in [0.717, 1.165) is 0 Å². The fraction of sp³-hybridized carbons (Fsp3) is 1.00. The van der Waals surface area contributed by atoms with E-state index in [4.69, 9.17) is 0 Å². The molecule has 0 spiro atoms. The van der Waals surface area contributed by atoms with Crippen molar-refractivity contribution in [3.8, 4) is 0 Å². The second kappa shape index (κ2) is 8.49. The number of hydrogen-bond donors (Lipinski definition) is 1. The van der Waals surface area contributed by atoms with Crippen molar-refractivity contribution in [1.82, 2.24) is 5.32 Å². The summed E-state index contributed by atoms with van der Waals surface area (Å²) in [6.07, 6.45) is 4.22. The van der Waals surface area contributed by atoms with Gasteiger partial charge in [0.1, 0.15) is 16.3 Å². The first kappa shape index (κ1) is 9.49. The molecule has 2 radical (unpaired) electrons. The molecule has 0 aliphatic carbocycles. The lowest BCUT2D eigenvalue weighted by molar-refractivity contribution is 0.520. The molecule has 1 aliphatic rings. The van der Waals surface area contributed by atoms with Crippen LogP contribution in [0.3, 0.4) is 0 Å². The number of piperidine rings is 1. The second-order valence-corrected chi connectivity index (χ2v) is 3.04. The molecule has 0 aromatic rings. The second-order valence-electron chi connectivity index (χ2n) is 2.22. The Hall–Kier alpha value is 0.492.